The number of fused-ring (bicyclic) bond motifs is 1. The molecule has 3 heterocycles. The van der Waals surface area contributed by atoms with Crippen LogP contribution in [0.4, 0.5) is 5.69 Å². The first-order chi connectivity index (χ1) is 17.4. The van der Waals surface area contributed by atoms with Crippen molar-refractivity contribution < 1.29 is 19.2 Å². The first-order valence-corrected chi connectivity index (χ1v) is 12.1. The van der Waals surface area contributed by atoms with Gasteiger partial charge in [0.2, 0.25) is 0 Å². The molecule has 36 heavy (non-hydrogen) atoms. The van der Waals surface area contributed by atoms with E-state index >= 15 is 0 Å². The summed E-state index contributed by atoms with van der Waals surface area (Å²) in [7, 11) is 0. The summed E-state index contributed by atoms with van der Waals surface area (Å²) in [6, 6.07) is 13.5. The second-order valence-electron chi connectivity index (χ2n) is 9.18. The van der Waals surface area contributed by atoms with Crippen molar-refractivity contribution in [2.24, 2.45) is 0 Å². The van der Waals surface area contributed by atoms with Gasteiger partial charge in [-0.2, -0.15) is 5.10 Å². The highest BCUT2D eigenvalue weighted by Gasteiger charge is 2.24. The summed E-state index contributed by atoms with van der Waals surface area (Å²) in [6.45, 7) is 8.64. The van der Waals surface area contributed by atoms with E-state index in [-0.39, 0.29) is 11.6 Å². The number of nitro groups is 1. The van der Waals surface area contributed by atoms with Gasteiger partial charge in [0.1, 0.15) is 24.6 Å². The number of ether oxygens (including phenoxy) is 2. The quantitative estimate of drug-likeness (QED) is 0.385. The van der Waals surface area contributed by atoms with Crippen LogP contribution < -0.4 is 9.47 Å². The van der Waals surface area contributed by atoms with E-state index < -0.39 is 4.92 Å². The lowest BCUT2D eigenvalue weighted by molar-refractivity contribution is -0.386. The number of rotatable bonds is 6. The smallest absolute Gasteiger partial charge is 0.312 e. The summed E-state index contributed by atoms with van der Waals surface area (Å²) in [5, 5.41) is 15.5. The van der Waals surface area contributed by atoms with Crippen molar-refractivity contribution in [3.63, 3.8) is 0 Å². The maximum absolute atomic E-state index is 13.1. The molecule has 0 aliphatic carbocycles. The Bertz CT molecular complexity index is 1280. The second kappa shape index (κ2) is 9.98. The summed E-state index contributed by atoms with van der Waals surface area (Å²) in [5.74, 6) is 1.61. The van der Waals surface area contributed by atoms with E-state index in [1.807, 2.05) is 41.3 Å². The molecule has 0 radical (unpaired) electrons. The number of hydrogen-bond acceptors (Lipinski definition) is 7. The number of aromatic nitrogens is 2. The molecular weight excluding hydrogens is 462 g/mol. The van der Waals surface area contributed by atoms with Gasteiger partial charge in [0, 0.05) is 38.3 Å². The lowest BCUT2D eigenvalue weighted by atomic mass is 10.1. The van der Waals surface area contributed by atoms with Crippen LogP contribution in [0.5, 0.6) is 11.5 Å². The van der Waals surface area contributed by atoms with Crippen molar-refractivity contribution in [1.29, 1.82) is 0 Å². The van der Waals surface area contributed by atoms with Gasteiger partial charge >= 0.3 is 5.69 Å². The van der Waals surface area contributed by atoms with Crippen LogP contribution in [0.1, 0.15) is 32.9 Å². The standard InChI is InChI=1S/C26H29N5O5/c1-18-25(31(33)34)19(2)30(27-18)17-20-3-6-22(7-4-20)26(32)29-11-9-28(10-12-29)16-21-5-8-23-24(15-21)36-14-13-35-23/h3-8,15H,9-14,16-17H2,1-2H3. The Balaban J connectivity index is 1.16. The maximum atomic E-state index is 13.1. The molecule has 0 spiro atoms. The number of carbonyl (C=O) groups is 1. The van der Waals surface area contributed by atoms with Gasteiger partial charge in [-0.3, -0.25) is 24.5 Å². The Morgan fingerprint density at radius 3 is 2.28 bits per heavy atom. The van der Waals surface area contributed by atoms with E-state index in [0.717, 1.165) is 36.7 Å². The minimum Gasteiger partial charge on any atom is -0.486 e. The molecule has 1 aromatic heterocycles. The third-order valence-corrected chi connectivity index (χ3v) is 6.73. The van der Waals surface area contributed by atoms with Crippen LogP contribution in [0.3, 0.4) is 0 Å². The first-order valence-electron chi connectivity index (χ1n) is 12.1. The molecule has 2 aliphatic rings. The molecule has 0 saturated carbocycles. The fraction of sp³-hybridized carbons (Fsp3) is 0.385. The number of nitrogens with zero attached hydrogens (tertiary/aromatic N) is 5. The zero-order valence-electron chi connectivity index (χ0n) is 20.5. The van der Waals surface area contributed by atoms with Crippen LogP contribution in [-0.4, -0.2) is 69.8 Å². The predicted octanol–water partition coefficient (Wildman–Crippen LogP) is 3.19. The van der Waals surface area contributed by atoms with Crippen LogP contribution >= 0.6 is 0 Å². The molecule has 10 heteroatoms. The minimum atomic E-state index is -0.397. The number of aryl methyl sites for hydroxylation is 1. The van der Waals surface area contributed by atoms with Gasteiger partial charge in [0.15, 0.2) is 11.5 Å². The van der Waals surface area contributed by atoms with Crippen LogP contribution in [0.2, 0.25) is 0 Å². The Morgan fingerprint density at radius 2 is 1.61 bits per heavy atom. The first kappa shape index (κ1) is 23.8. The molecule has 2 aromatic carbocycles. The van der Waals surface area contributed by atoms with Gasteiger partial charge in [-0.1, -0.05) is 18.2 Å². The van der Waals surface area contributed by atoms with Gasteiger partial charge < -0.3 is 14.4 Å². The van der Waals surface area contributed by atoms with Crippen molar-refractivity contribution >= 4 is 11.6 Å². The molecule has 2 aliphatic heterocycles. The number of benzene rings is 2. The van der Waals surface area contributed by atoms with Gasteiger partial charge in [-0.15, -0.1) is 0 Å². The molecule has 1 fully saturated rings. The van der Waals surface area contributed by atoms with Gasteiger partial charge in [-0.25, -0.2) is 0 Å². The zero-order valence-corrected chi connectivity index (χ0v) is 20.5. The summed E-state index contributed by atoms with van der Waals surface area (Å²) in [6.07, 6.45) is 0. The molecule has 3 aromatic rings. The third-order valence-electron chi connectivity index (χ3n) is 6.73. The van der Waals surface area contributed by atoms with Crippen molar-refractivity contribution in [3.8, 4) is 11.5 Å². The van der Waals surface area contributed by atoms with Gasteiger partial charge in [0.25, 0.3) is 5.91 Å². The summed E-state index contributed by atoms with van der Waals surface area (Å²) >= 11 is 0. The second-order valence-corrected chi connectivity index (χ2v) is 9.18. The fourth-order valence-corrected chi connectivity index (χ4v) is 4.77. The average molecular weight is 492 g/mol. The van der Waals surface area contributed by atoms with E-state index in [9.17, 15) is 14.9 Å². The van der Waals surface area contributed by atoms with E-state index in [1.165, 1.54) is 5.56 Å². The van der Waals surface area contributed by atoms with Crippen molar-refractivity contribution in [1.82, 2.24) is 19.6 Å². The highest BCUT2D eigenvalue weighted by molar-refractivity contribution is 5.94. The van der Waals surface area contributed by atoms with Crippen LogP contribution in [0.25, 0.3) is 0 Å². The van der Waals surface area contributed by atoms with E-state index in [2.05, 4.69) is 16.1 Å². The molecule has 0 N–H and O–H groups in total. The van der Waals surface area contributed by atoms with Crippen molar-refractivity contribution in [2.45, 2.75) is 26.9 Å². The van der Waals surface area contributed by atoms with E-state index in [0.29, 0.717) is 49.8 Å². The number of hydrogen-bond donors (Lipinski definition) is 0. The molecule has 188 valence electrons. The molecule has 5 rings (SSSR count). The number of piperazine rings is 1. The highest BCUT2D eigenvalue weighted by atomic mass is 16.6. The van der Waals surface area contributed by atoms with Crippen LogP contribution in [0.15, 0.2) is 42.5 Å². The monoisotopic (exact) mass is 491 g/mol. The summed E-state index contributed by atoms with van der Waals surface area (Å²) < 4.78 is 12.9. The number of amides is 1. The van der Waals surface area contributed by atoms with E-state index in [1.54, 1.807) is 18.5 Å². The van der Waals surface area contributed by atoms with E-state index in [4.69, 9.17) is 9.47 Å². The summed E-state index contributed by atoms with van der Waals surface area (Å²) in [5.41, 5.74) is 3.70. The SMILES string of the molecule is Cc1nn(Cc2ccc(C(=O)N3CCN(Cc4ccc5c(c4)OCCO5)CC3)cc2)c(C)c1[N+](=O)[O-]. The topological polar surface area (TPSA) is 103 Å². The Morgan fingerprint density at radius 1 is 0.944 bits per heavy atom. The lowest BCUT2D eigenvalue weighted by Crippen LogP contribution is -2.48. The fourth-order valence-electron chi connectivity index (χ4n) is 4.77. The minimum absolute atomic E-state index is 0.0160. The molecule has 0 atom stereocenters. The maximum Gasteiger partial charge on any atom is 0.312 e. The molecule has 10 nitrogen and oxygen atoms in total. The lowest BCUT2D eigenvalue weighted by Gasteiger charge is -2.35. The largest absolute Gasteiger partial charge is 0.486 e. The number of carbonyl (C=O) groups excluding carboxylic acids is 1. The molecule has 1 saturated heterocycles. The highest BCUT2D eigenvalue weighted by Crippen LogP contribution is 2.31. The Labute approximate surface area is 209 Å². The molecule has 0 bridgehead atoms. The summed E-state index contributed by atoms with van der Waals surface area (Å²) in [4.78, 5) is 28.1. The molecule has 1 amide bonds. The Kier molecular flexibility index (Phi) is 6.60. The average Bonchev–Trinajstić information content (AvgIpc) is 3.17. The van der Waals surface area contributed by atoms with Crippen LogP contribution in [0, 0.1) is 24.0 Å². The molecular formula is C26H29N5O5. The third kappa shape index (κ3) is 4.90. The van der Waals surface area contributed by atoms with Crippen molar-refractivity contribution in [2.75, 3.05) is 39.4 Å². The predicted molar refractivity (Wildman–Crippen MR) is 133 cm³/mol. The normalized spacial score (nSPS) is 15.7. The zero-order chi connectivity index (χ0) is 25.2. The van der Waals surface area contributed by atoms with Gasteiger partial charge in [0.05, 0.1) is 11.5 Å². The van der Waals surface area contributed by atoms with Gasteiger partial charge in [-0.05, 0) is 49.2 Å². The Hall–Kier alpha value is -3.92. The molecule has 0 unspecified atom stereocenters. The van der Waals surface area contributed by atoms with Crippen molar-refractivity contribution in [3.05, 3.63) is 80.7 Å². The van der Waals surface area contributed by atoms with Crippen LogP contribution in [-0.2, 0) is 13.1 Å².